The van der Waals surface area contributed by atoms with Crippen LogP contribution in [-0.4, -0.2) is 4.98 Å². The molecule has 0 atom stereocenters. The highest BCUT2D eigenvalue weighted by atomic mass is 32.1. The van der Waals surface area contributed by atoms with Crippen molar-refractivity contribution in [3.63, 3.8) is 0 Å². The summed E-state index contributed by atoms with van der Waals surface area (Å²) in [6.45, 7) is 0.606. The predicted octanol–water partition coefficient (Wildman–Crippen LogP) is 2.72. The van der Waals surface area contributed by atoms with Gasteiger partial charge in [0.2, 0.25) is 0 Å². The van der Waals surface area contributed by atoms with Gasteiger partial charge in [0.1, 0.15) is 12.4 Å². The molecule has 0 fully saturated rings. The van der Waals surface area contributed by atoms with Gasteiger partial charge in [0.05, 0.1) is 10.4 Å². The first kappa shape index (κ1) is 8.26. The molecule has 1 aromatic carbocycles. The van der Waals surface area contributed by atoms with Crippen molar-refractivity contribution in [3.05, 3.63) is 46.9 Å². The van der Waals surface area contributed by atoms with Gasteiger partial charge in [-0.05, 0) is 12.1 Å². The second kappa shape index (κ2) is 4.05. The number of thiazole rings is 1. The van der Waals surface area contributed by atoms with Crippen LogP contribution in [0.25, 0.3) is 0 Å². The van der Waals surface area contributed by atoms with Crippen molar-refractivity contribution in [3.8, 4) is 5.75 Å². The summed E-state index contributed by atoms with van der Waals surface area (Å²) in [5.41, 5.74) is 1.81. The molecule has 0 amide bonds. The van der Waals surface area contributed by atoms with E-state index in [1.54, 1.807) is 11.3 Å². The van der Waals surface area contributed by atoms with Crippen LogP contribution in [-0.2, 0) is 6.61 Å². The number of para-hydroxylation sites is 1. The minimum absolute atomic E-state index is 0.606. The Bertz CT molecular complexity index is 344. The average molecular weight is 191 g/mol. The van der Waals surface area contributed by atoms with E-state index in [9.17, 15) is 0 Å². The summed E-state index contributed by atoms with van der Waals surface area (Å²) < 4.78 is 5.52. The number of nitrogens with zero attached hydrogens (tertiary/aromatic N) is 1. The standard InChI is InChI=1S/C10H9NOS/c1-2-4-9(5-3-1)12-7-10-6-11-8-13-10/h1-6,8H,7H2. The number of benzene rings is 1. The molecule has 0 radical (unpaired) electrons. The molecule has 0 saturated heterocycles. The topological polar surface area (TPSA) is 22.1 Å². The summed E-state index contributed by atoms with van der Waals surface area (Å²) in [6.07, 6.45) is 1.83. The molecule has 2 nitrogen and oxygen atoms in total. The van der Waals surface area contributed by atoms with Crippen molar-refractivity contribution in [1.82, 2.24) is 4.98 Å². The van der Waals surface area contributed by atoms with Crippen molar-refractivity contribution in [2.75, 3.05) is 0 Å². The van der Waals surface area contributed by atoms with Crippen LogP contribution in [0.3, 0.4) is 0 Å². The molecule has 0 bridgehead atoms. The zero-order chi connectivity index (χ0) is 8.93. The summed E-state index contributed by atoms with van der Waals surface area (Å²) in [5.74, 6) is 0.899. The van der Waals surface area contributed by atoms with E-state index in [1.165, 1.54) is 0 Å². The van der Waals surface area contributed by atoms with Gasteiger partial charge in [-0.3, -0.25) is 4.98 Å². The van der Waals surface area contributed by atoms with Crippen LogP contribution >= 0.6 is 11.3 Å². The van der Waals surface area contributed by atoms with Crippen LogP contribution in [0.2, 0.25) is 0 Å². The van der Waals surface area contributed by atoms with Crippen LogP contribution in [0.1, 0.15) is 4.88 Å². The Morgan fingerprint density at radius 3 is 2.77 bits per heavy atom. The minimum Gasteiger partial charge on any atom is -0.488 e. The average Bonchev–Trinajstić information content (AvgIpc) is 2.69. The third kappa shape index (κ3) is 2.29. The molecule has 1 heterocycles. The normalized spacial score (nSPS) is 9.85. The Hall–Kier alpha value is -1.35. The lowest BCUT2D eigenvalue weighted by molar-refractivity contribution is 0.309. The summed E-state index contributed by atoms with van der Waals surface area (Å²) >= 11 is 1.61. The molecule has 0 aliphatic carbocycles. The first-order valence-electron chi connectivity index (χ1n) is 4.00. The Morgan fingerprint density at radius 2 is 2.08 bits per heavy atom. The maximum Gasteiger partial charge on any atom is 0.124 e. The molecule has 0 spiro atoms. The maximum atomic E-state index is 5.52. The molecule has 66 valence electrons. The van der Waals surface area contributed by atoms with E-state index in [-0.39, 0.29) is 0 Å². The van der Waals surface area contributed by atoms with Crippen LogP contribution in [0.5, 0.6) is 5.75 Å². The van der Waals surface area contributed by atoms with Crippen LogP contribution in [0, 0.1) is 0 Å². The predicted molar refractivity (Wildman–Crippen MR) is 52.9 cm³/mol. The second-order valence-electron chi connectivity index (χ2n) is 2.57. The van der Waals surface area contributed by atoms with E-state index in [0.717, 1.165) is 10.6 Å². The van der Waals surface area contributed by atoms with Gasteiger partial charge in [0.25, 0.3) is 0 Å². The molecule has 2 rings (SSSR count). The fraction of sp³-hybridized carbons (Fsp3) is 0.100. The van der Waals surface area contributed by atoms with Crippen molar-refractivity contribution in [2.45, 2.75) is 6.61 Å². The van der Waals surface area contributed by atoms with E-state index in [4.69, 9.17) is 4.74 Å². The zero-order valence-electron chi connectivity index (χ0n) is 7.01. The van der Waals surface area contributed by atoms with E-state index >= 15 is 0 Å². The largest absolute Gasteiger partial charge is 0.488 e. The Morgan fingerprint density at radius 1 is 1.23 bits per heavy atom. The summed E-state index contributed by atoms with van der Waals surface area (Å²) in [4.78, 5) is 5.12. The van der Waals surface area contributed by atoms with Crippen LogP contribution < -0.4 is 4.74 Å². The number of hydrogen-bond donors (Lipinski definition) is 0. The zero-order valence-corrected chi connectivity index (χ0v) is 7.83. The Kier molecular flexibility index (Phi) is 2.57. The van der Waals surface area contributed by atoms with E-state index in [0.29, 0.717) is 6.61 Å². The molecule has 13 heavy (non-hydrogen) atoms. The lowest BCUT2D eigenvalue weighted by Gasteiger charge is -2.02. The molecule has 3 heteroatoms. The van der Waals surface area contributed by atoms with E-state index in [2.05, 4.69) is 4.98 Å². The Labute approximate surface area is 80.8 Å². The van der Waals surface area contributed by atoms with E-state index in [1.807, 2.05) is 42.0 Å². The van der Waals surface area contributed by atoms with Gasteiger partial charge in [-0.15, -0.1) is 11.3 Å². The van der Waals surface area contributed by atoms with Gasteiger partial charge in [-0.2, -0.15) is 0 Å². The van der Waals surface area contributed by atoms with Crippen molar-refractivity contribution in [1.29, 1.82) is 0 Å². The van der Waals surface area contributed by atoms with E-state index < -0.39 is 0 Å². The second-order valence-corrected chi connectivity index (χ2v) is 3.54. The number of aromatic nitrogens is 1. The van der Waals surface area contributed by atoms with Crippen LogP contribution in [0.15, 0.2) is 42.0 Å². The van der Waals surface area contributed by atoms with Gasteiger partial charge in [-0.1, -0.05) is 18.2 Å². The third-order valence-corrected chi connectivity index (χ3v) is 2.36. The monoisotopic (exact) mass is 191 g/mol. The summed E-state index contributed by atoms with van der Waals surface area (Å²) in [6, 6.07) is 9.78. The quantitative estimate of drug-likeness (QED) is 0.744. The molecule has 0 aliphatic heterocycles. The third-order valence-electron chi connectivity index (χ3n) is 1.61. The highest BCUT2D eigenvalue weighted by molar-refractivity contribution is 7.09. The van der Waals surface area contributed by atoms with Crippen molar-refractivity contribution >= 4 is 11.3 Å². The number of hydrogen-bond acceptors (Lipinski definition) is 3. The molecule has 0 aliphatic rings. The molecular weight excluding hydrogens is 182 g/mol. The molecular formula is C10H9NOS. The van der Waals surface area contributed by atoms with Gasteiger partial charge < -0.3 is 4.74 Å². The van der Waals surface area contributed by atoms with Crippen molar-refractivity contribution in [2.24, 2.45) is 0 Å². The Balaban J connectivity index is 1.94. The van der Waals surface area contributed by atoms with Gasteiger partial charge in [-0.25, -0.2) is 0 Å². The lowest BCUT2D eigenvalue weighted by Crippen LogP contribution is -1.91. The SMILES string of the molecule is c1ccc(OCc2cncs2)cc1. The molecule has 0 saturated carbocycles. The highest BCUT2D eigenvalue weighted by Crippen LogP contribution is 2.13. The fourth-order valence-corrected chi connectivity index (χ4v) is 1.49. The number of ether oxygens (including phenoxy) is 1. The first-order chi connectivity index (χ1) is 6.45. The fourth-order valence-electron chi connectivity index (χ4n) is 0.985. The van der Waals surface area contributed by atoms with Gasteiger partial charge in [0.15, 0.2) is 0 Å². The summed E-state index contributed by atoms with van der Waals surface area (Å²) in [5, 5.41) is 0. The maximum absolute atomic E-state index is 5.52. The minimum atomic E-state index is 0.606. The molecule has 0 N–H and O–H groups in total. The summed E-state index contributed by atoms with van der Waals surface area (Å²) in [7, 11) is 0. The molecule has 1 aromatic heterocycles. The smallest absolute Gasteiger partial charge is 0.124 e. The van der Waals surface area contributed by atoms with Crippen molar-refractivity contribution < 1.29 is 4.74 Å². The van der Waals surface area contributed by atoms with Gasteiger partial charge in [0, 0.05) is 6.20 Å². The van der Waals surface area contributed by atoms with Crippen LogP contribution in [0.4, 0.5) is 0 Å². The molecule has 0 unspecified atom stereocenters. The number of rotatable bonds is 3. The molecule has 2 aromatic rings. The first-order valence-corrected chi connectivity index (χ1v) is 4.88. The highest BCUT2D eigenvalue weighted by Gasteiger charge is 1.95. The van der Waals surface area contributed by atoms with Gasteiger partial charge >= 0.3 is 0 Å². The lowest BCUT2D eigenvalue weighted by atomic mass is 10.3.